The van der Waals surface area contributed by atoms with Crippen molar-refractivity contribution in [3.8, 4) is 17.6 Å². The number of anilines is 1. The summed E-state index contributed by atoms with van der Waals surface area (Å²) in [6.07, 6.45) is 0. The Labute approximate surface area is 136 Å². The molecule has 0 spiro atoms. The van der Waals surface area contributed by atoms with Crippen LogP contribution in [-0.2, 0) is 0 Å². The Hall–Kier alpha value is -1.90. The molecule has 108 valence electrons. The number of hydrogen-bond donors (Lipinski definition) is 2. The van der Waals surface area contributed by atoms with Gasteiger partial charge in [0.2, 0.25) is 0 Å². The lowest BCUT2D eigenvalue weighted by molar-refractivity contribution is 0.371. The summed E-state index contributed by atoms with van der Waals surface area (Å²) in [4.78, 5) is 0. The van der Waals surface area contributed by atoms with Crippen LogP contribution in [0.2, 0.25) is 5.02 Å². The molecule has 2 aromatic rings. The minimum atomic E-state index is -0.586. The van der Waals surface area contributed by atoms with Crippen LogP contribution >= 0.6 is 27.5 Å². The van der Waals surface area contributed by atoms with Gasteiger partial charge in [0, 0.05) is 10.7 Å². The summed E-state index contributed by atoms with van der Waals surface area (Å²) in [6, 6.07) is 12.0. The molecule has 0 aromatic heterocycles. The highest BCUT2D eigenvalue weighted by atomic mass is 79.9. The van der Waals surface area contributed by atoms with E-state index in [9.17, 15) is 10.4 Å². The van der Waals surface area contributed by atoms with Crippen molar-refractivity contribution in [3.63, 3.8) is 0 Å². The van der Waals surface area contributed by atoms with Gasteiger partial charge in [0.15, 0.2) is 11.5 Å². The molecule has 0 radical (unpaired) electrons. The lowest BCUT2D eigenvalue weighted by atomic mass is 10.1. The Morgan fingerprint density at radius 1 is 1.33 bits per heavy atom. The number of benzene rings is 2. The van der Waals surface area contributed by atoms with E-state index in [-0.39, 0.29) is 5.75 Å². The first-order valence-corrected chi connectivity index (χ1v) is 7.20. The Kier molecular flexibility index (Phi) is 4.94. The van der Waals surface area contributed by atoms with Crippen LogP contribution in [0.5, 0.6) is 11.5 Å². The van der Waals surface area contributed by atoms with Crippen molar-refractivity contribution in [2.24, 2.45) is 0 Å². The van der Waals surface area contributed by atoms with Crippen molar-refractivity contribution in [1.29, 1.82) is 5.26 Å². The van der Waals surface area contributed by atoms with E-state index in [2.05, 4.69) is 27.3 Å². The highest BCUT2D eigenvalue weighted by Gasteiger charge is 2.16. The van der Waals surface area contributed by atoms with Crippen LogP contribution in [0.4, 0.5) is 5.69 Å². The molecule has 0 saturated carbocycles. The summed E-state index contributed by atoms with van der Waals surface area (Å²) in [7, 11) is 1.46. The summed E-state index contributed by atoms with van der Waals surface area (Å²) >= 11 is 9.08. The number of nitriles is 1. The molecule has 4 nitrogen and oxygen atoms in total. The van der Waals surface area contributed by atoms with Gasteiger partial charge in [0.1, 0.15) is 6.04 Å². The number of halogens is 2. The summed E-state index contributed by atoms with van der Waals surface area (Å²) < 4.78 is 5.56. The van der Waals surface area contributed by atoms with Crippen LogP contribution in [0.1, 0.15) is 11.6 Å². The van der Waals surface area contributed by atoms with E-state index in [0.717, 1.165) is 5.69 Å². The summed E-state index contributed by atoms with van der Waals surface area (Å²) in [5, 5.41) is 22.9. The molecule has 1 unspecified atom stereocenters. The highest BCUT2D eigenvalue weighted by molar-refractivity contribution is 9.10. The molecule has 6 heteroatoms. The molecule has 0 aliphatic carbocycles. The number of nitrogens with zero attached hydrogens (tertiary/aromatic N) is 1. The fourth-order valence-corrected chi connectivity index (χ4v) is 2.40. The zero-order chi connectivity index (χ0) is 15.4. The van der Waals surface area contributed by atoms with Gasteiger partial charge in [0.05, 0.1) is 17.7 Å². The van der Waals surface area contributed by atoms with Gasteiger partial charge in [-0.3, -0.25) is 0 Å². The van der Waals surface area contributed by atoms with Crippen LogP contribution in [-0.4, -0.2) is 12.2 Å². The number of nitrogens with one attached hydrogen (secondary N) is 1. The molecule has 2 rings (SSSR count). The minimum Gasteiger partial charge on any atom is -0.503 e. The van der Waals surface area contributed by atoms with Crippen molar-refractivity contribution in [2.75, 3.05) is 12.4 Å². The van der Waals surface area contributed by atoms with Crippen molar-refractivity contribution in [2.45, 2.75) is 6.04 Å². The van der Waals surface area contributed by atoms with E-state index in [1.807, 2.05) is 0 Å². The number of ether oxygens (including phenoxy) is 1. The second-order valence-electron chi connectivity index (χ2n) is 4.27. The van der Waals surface area contributed by atoms with Gasteiger partial charge in [-0.05, 0) is 57.9 Å². The first kappa shape index (κ1) is 15.5. The van der Waals surface area contributed by atoms with Crippen molar-refractivity contribution in [3.05, 3.63) is 51.5 Å². The van der Waals surface area contributed by atoms with Crippen LogP contribution in [0, 0.1) is 11.3 Å². The van der Waals surface area contributed by atoms with E-state index < -0.39 is 6.04 Å². The maximum atomic E-state index is 9.81. The van der Waals surface area contributed by atoms with Crippen molar-refractivity contribution < 1.29 is 9.84 Å². The maximum absolute atomic E-state index is 9.81. The molecule has 21 heavy (non-hydrogen) atoms. The van der Waals surface area contributed by atoms with Gasteiger partial charge in [-0.1, -0.05) is 11.6 Å². The fraction of sp³-hybridized carbons (Fsp3) is 0.133. The van der Waals surface area contributed by atoms with E-state index in [4.69, 9.17) is 16.3 Å². The highest BCUT2D eigenvalue weighted by Crippen LogP contribution is 2.37. The predicted molar refractivity (Wildman–Crippen MR) is 85.8 cm³/mol. The average molecular weight is 368 g/mol. The lowest BCUT2D eigenvalue weighted by Crippen LogP contribution is -2.08. The average Bonchev–Trinajstić information content (AvgIpc) is 2.49. The number of methoxy groups -OCH3 is 1. The van der Waals surface area contributed by atoms with Crippen molar-refractivity contribution in [1.82, 2.24) is 0 Å². The summed E-state index contributed by atoms with van der Waals surface area (Å²) in [6.45, 7) is 0. The number of aromatic hydroxyl groups is 1. The Morgan fingerprint density at radius 2 is 2.00 bits per heavy atom. The smallest absolute Gasteiger partial charge is 0.172 e. The maximum Gasteiger partial charge on any atom is 0.172 e. The van der Waals surface area contributed by atoms with E-state index >= 15 is 0 Å². The zero-order valence-electron chi connectivity index (χ0n) is 11.1. The molecule has 0 bridgehead atoms. The standard InChI is InChI=1S/C15H12BrClN2O2/c1-21-14-7-9(6-12(16)15(14)20)13(8-18)19-11-4-2-10(17)3-5-11/h2-7,13,19-20H,1H3. The number of phenolic OH excluding ortho intramolecular Hbond substituents is 1. The lowest BCUT2D eigenvalue weighted by Gasteiger charge is -2.15. The quantitative estimate of drug-likeness (QED) is 0.835. The second-order valence-corrected chi connectivity index (χ2v) is 5.56. The number of rotatable bonds is 4. The molecular weight excluding hydrogens is 356 g/mol. The second kappa shape index (κ2) is 6.70. The van der Waals surface area contributed by atoms with Crippen molar-refractivity contribution >= 4 is 33.2 Å². The molecule has 0 saturated heterocycles. The third kappa shape index (κ3) is 3.60. The summed E-state index contributed by atoms with van der Waals surface area (Å²) in [5.74, 6) is 0.307. The molecular formula is C15H12BrClN2O2. The Bertz CT molecular complexity index is 683. The van der Waals surface area contributed by atoms with Gasteiger partial charge in [-0.2, -0.15) is 5.26 Å². The van der Waals surface area contributed by atoms with E-state index in [0.29, 0.717) is 20.8 Å². The largest absolute Gasteiger partial charge is 0.503 e. The molecule has 0 amide bonds. The van der Waals surface area contributed by atoms with Gasteiger partial charge in [-0.15, -0.1) is 0 Å². The SMILES string of the molecule is COc1cc(C(C#N)Nc2ccc(Cl)cc2)cc(Br)c1O. The first-order chi connectivity index (χ1) is 10.0. The minimum absolute atomic E-state index is 0.00410. The number of phenols is 1. The first-order valence-electron chi connectivity index (χ1n) is 6.03. The zero-order valence-corrected chi connectivity index (χ0v) is 13.4. The molecule has 2 aromatic carbocycles. The third-order valence-corrected chi connectivity index (χ3v) is 3.74. The van der Waals surface area contributed by atoms with Crippen LogP contribution in [0.15, 0.2) is 40.9 Å². The molecule has 1 atom stereocenters. The van der Waals surface area contributed by atoms with Gasteiger partial charge < -0.3 is 15.2 Å². The van der Waals surface area contributed by atoms with Crippen LogP contribution in [0.3, 0.4) is 0 Å². The summed E-state index contributed by atoms with van der Waals surface area (Å²) in [5.41, 5.74) is 1.45. The normalized spacial score (nSPS) is 11.5. The molecule has 0 heterocycles. The Balaban J connectivity index is 2.31. The molecule has 0 aliphatic heterocycles. The third-order valence-electron chi connectivity index (χ3n) is 2.89. The number of hydrogen-bond acceptors (Lipinski definition) is 4. The van der Waals surface area contributed by atoms with Gasteiger partial charge >= 0.3 is 0 Å². The van der Waals surface area contributed by atoms with Gasteiger partial charge in [-0.25, -0.2) is 0 Å². The molecule has 0 fully saturated rings. The predicted octanol–water partition coefficient (Wildman–Crippen LogP) is 4.49. The molecule has 0 aliphatic rings. The molecule has 2 N–H and O–H groups in total. The van der Waals surface area contributed by atoms with E-state index in [1.165, 1.54) is 7.11 Å². The topological polar surface area (TPSA) is 65.3 Å². The monoisotopic (exact) mass is 366 g/mol. The van der Waals surface area contributed by atoms with Gasteiger partial charge in [0.25, 0.3) is 0 Å². The fourth-order valence-electron chi connectivity index (χ4n) is 1.82. The van der Waals surface area contributed by atoms with Crippen LogP contribution in [0.25, 0.3) is 0 Å². The Morgan fingerprint density at radius 3 is 2.57 bits per heavy atom. The van der Waals surface area contributed by atoms with Crippen LogP contribution < -0.4 is 10.1 Å². The van der Waals surface area contributed by atoms with E-state index in [1.54, 1.807) is 36.4 Å².